The average molecular weight is 477 g/mol. The Morgan fingerprint density at radius 3 is 2.31 bits per heavy atom. The second-order valence-corrected chi connectivity index (χ2v) is 8.85. The molecule has 7 nitrogen and oxygen atoms in total. The molecule has 0 aliphatic carbocycles. The third-order valence-electron chi connectivity index (χ3n) is 6.68. The predicted molar refractivity (Wildman–Crippen MR) is 145 cm³/mol. The Bertz CT molecular complexity index is 1580. The van der Waals surface area contributed by atoms with E-state index in [1.54, 1.807) is 18.3 Å². The third-order valence-corrected chi connectivity index (χ3v) is 6.68. The van der Waals surface area contributed by atoms with Crippen molar-refractivity contribution in [2.24, 2.45) is 4.99 Å². The lowest BCUT2D eigenvalue weighted by atomic mass is 10.1. The third kappa shape index (κ3) is 4.15. The van der Waals surface area contributed by atoms with E-state index in [4.69, 9.17) is 4.42 Å². The minimum Gasteiger partial charge on any atom is -0.456 e. The number of anilines is 2. The molecule has 0 spiro atoms. The van der Waals surface area contributed by atoms with Crippen LogP contribution in [-0.2, 0) is 0 Å². The van der Waals surface area contributed by atoms with Gasteiger partial charge in [-0.25, -0.2) is 0 Å². The first-order chi connectivity index (χ1) is 17.7. The van der Waals surface area contributed by atoms with Crippen molar-refractivity contribution in [3.05, 3.63) is 107 Å². The Morgan fingerprint density at radius 1 is 0.778 bits per heavy atom. The summed E-state index contributed by atoms with van der Waals surface area (Å²) in [6.45, 7) is 3.39. The normalized spacial score (nSPS) is 14.2. The van der Waals surface area contributed by atoms with Crippen LogP contribution < -0.4 is 9.80 Å². The van der Waals surface area contributed by atoms with Gasteiger partial charge in [-0.15, -0.1) is 0 Å². The second kappa shape index (κ2) is 9.19. The van der Waals surface area contributed by atoms with Crippen molar-refractivity contribution in [3.8, 4) is 0 Å². The Morgan fingerprint density at radius 2 is 1.50 bits per heavy atom. The molecule has 1 aliphatic rings. The highest BCUT2D eigenvalue weighted by Gasteiger charge is 2.21. The summed E-state index contributed by atoms with van der Waals surface area (Å²) in [5.74, 6) is 0. The molecule has 2 heterocycles. The molecule has 0 bridgehead atoms. The van der Waals surface area contributed by atoms with Crippen molar-refractivity contribution in [1.82, 2.24) is 0 Å². The molecular formula is C29H24N4O3. The van der Waals surface area contributed by atoms with Crippen LogP contribution in [0.4, 0.5) is 22.7 Å². The fraction of sp³-hybridized carbons (Fsp3) is 0.138. The van der Waals surface area contributed by atoms with Crippen LogP contribution in [0, 0.1) is 10.1 Å². The molecule has 0 N–H and O–H groups in total. The predicted octanol–water partition coefficient (Wildman–Crippen LogP) is 6.57. The van der Waals surface area contributed by atoms with E-state index in [1.165, 1.54) is 5.69 Å². The van der Waals surface area contributed by atoms with E-state index < -0.39 is 0 Å². The van der Waals surface area contributed by atoms with Crippen LogP contribution in [0.25, 0.3) is 21.9 Å². The van der Waals surface area contributed by atoms with Gasteiger partial charge in [-0.05, 0) is 36.4 Å². The molecule has 0 saturated carbocycles. The number of benzene rings is 4. The van der Waals surface area contributed by atoms with Gasteiger partial charge < -0.3 is 14.2 Å². The van der Waals surface area contributed by atoms with Crippen molar-refractivity contribution in [2.75, 3.05) is 36.0 Å². The van der Waals surface area contributed by atoms with E-state index in [2.05, 4.69) is 39.1 Å². The summed E-state index contributed by atoms with van der Waals surface area (Å²) in [5.41, 5.74) is 5.27. The van der Waals surface area contributed by atoms with Crippen molar-refractivity contribution in [1.29, 1.82) is 0 Å². The number of nitro benzene ring substituents is 1. The molecule has 1 aromatic heterocycles. The van der Waals surface area contributed by atoms with E-state index in [0.717, 1.165) is 65.1 Å². The SMILES string of the molecule is O=[N+]([O-])c1ccc(N2CCN(c3ccccc3)CC2)c(C=Nc2ccc3c(c2)oc2ccccc23)c1. The van der Waals surface area contributed by atoms with Crippen molar-refractivity contribution < 1.29 is 9.34 Å². The Kier molecular flexibility index (Phi) is 5.58. The van der Waals surface area contributed by atoms with E-state index in [9.17, 15) is 10.1 Å². The molecule has 178 valence electrons. The quantitative estimate of drug-likeness (QED) is 0.163. The van der Waals surface area contributed by atoms with E-state index >= 15 is 0 Å². The second-order valence-electron chi connectivity index (χ2n) is 8.85. The molecule has 0 atom stereocenters. The molecule has 1 saturated heterocycles. The van der Waals surface area contributed by atoms with Crippen LogP contribution >= 0.6 is 0 Å². The van der Waals surface area contributed by atoms with Crippen LogP contribution in [0.2, 0.25) is 0 Å². The maximum Gasteiger partial charge on any atom is 0.270 e. The number of nitro groups is 1. The van der Waals surface area contributed by atoms with E-state index in [1.807, 2.05) is 54.6 Å². The van der Waals surface area contributed by atoms with Gasteiger partial charge >= 0.3 is 0 Å². The summed E-state index contributed by atoms with van der Waals surface area (Å²) >= 11 is 0. The van der Waals surface area contributed by atoms with Crippen molar-refractivity contribution in [2.45, 2.75) is 0 Å². The summed E-state index contributed by atoms with van der Waals surface area (Å²) in [7, 11) is 0. The maximum absolute atomic E-state index is 11.5. The van der Waals surface area contributed by atoms with Crippen LogP contribution in [0.15, 0.2) is 100 Å². The zero-order valence-electron chi connectivity index (χ0n) is 19.6. The smallest absolute Gasteiger partial charge is 0.270 e. The number of rotatable bonds is 5. The molecular weight excluding hydrogens is 452 g/mol. The zero-order chi connectivity index (χ0) is 24.5. The number of piperazine rings is 1. The molecule has 6 rings (SSSR count). The molecule has 1 fully saturated rings. The topological polar surface area (TPSA) is 75.1 Å². The highest BCUT2D eigenvalue weighted by atomic mass is 16.6. The number of non-ortho nitro benzene ring substituents is 1. The molecule has 0 radical (unpaired) electrons. The number of hydrogen-bond donors (Lipinski definition) is 0. The first-order valence-corrected chi connectivity index (χ1v) is 11.9. The van der Waals surface area contributed by atoms with Crippen LogP contribution in [0.3, 0.4) is 0 Å². The standard InChI is InChI=1S/C29H24N4O3/c34-33(35)24-11-13-27(32-16-14-31(15-17-32)23-6-2-1-3-7-23)21(18-24)20-30-22-10-12-26-25-8-4-5-9-28(25)36-29(26)19-22/h1-13,18-20H,14-17H2. The van der Waals surface area contributed by atoms with Gasteiger partial charge in [-0.1, -0.05) is 36.4 Å². The number of aliphatic imine (C=N–C) groups is 1. The summed E-state index contributed by atoms with van der Waals surface area (Å²) in [6, 6.07) is 29.2. The Labute approximate surface area is 208 Å². The average Bonchev–Trinajstić information content (AvgIpc) is 3.30. The Hall–Kier alpha value is -4.65. The van der Waals surface area contributed by atoms with Crippen LogP contribution in [0.5, 0.6) is 0 Å². The fourth-order valence-corrected chi connectivity index (χ4v) is 4.83. The first-order valence-electron chi connectivity index (χ1n) is 11.9. The van der Waals surface area contributed by atoms with Gasteiger partial charge in [0.1, 0.15) is 11.2 Å². The lowest BCUT2D eigenvalue weighted by molar-refractivity contribution is -0.384. The van der Waals surface area contributed by atoms with E-state index in [0.29, 0.717) is 0 Å². The lowest BCUT2D eigenvalue weighted by Crippen LogP contribution is -2.46. The van der Waals surface area contributed by atoms with Gasteiger partial charge in [0.2, 0.25) is 0 Å². The molecule has 7 heteroatoms. The highest BCUT2D eigenvalue weighted by Crippen LogP contribution is 2.32. The van der Waals surface area contributed by atoms with Gasteiger partial charge in [0.25, 0.3) is 5.69 Å². The Balaban J connectivity index is 1.28. The number of furan rings is 1. The molecule has 5 aromatic rings. The van der Waals surface area contributed by atoms with Crippen molar-refractivity contribution >= 4 is 50.9 Å². The highest BCUT2D eigenvalue weighted by molar-refractivity contribution is 6.05. The number of fused-ring (bicyclic) bond motifs is 3. The minimum absolute atomic E-state index is 0.0517. The van der Waals surface area contributed by atoms with Crippen molar-refractivity contribution in [3.63, 3.8) is 0 Å². The molecule has 0 unspecified atom stereocenters. The van der Waals surface area contributed by atoms with Gasteiger partial charge in [0.05, 0.1) is 10.6 Å². The zero-order valence-corrected chi connectivity index (χ0v) is 19.6. The summed E-state index contributed by atoms with van der Waals surface area (Å²) < 4.78 is 5.99. The summed E-state index contributed by atoms with van der Waals surface area (Å²) in [4.78, 5) is 20.4. The minimum atomic E-state index is -0.366. The number of nitrogens with zero attached hydrogens (tertiary/aromatic N) is 4. The van der Waals surface area contributed by atoms with Crippen LogP contribution in [-0.4, -0.2) is 37.3 Å². The largest absolute Gasteiger partial charge is 0.456 e. The maximum atomic E-state index is 11.5. The van der Waals surface area contributed by atoms with Gasteiger partial charge in [-0.2, -0.15) is 0 Å². The van der Waals surface area contributed by atoms with Gasteiger partial charge in [-0.3, -0.25) is 15.1 Å². The molecule has 0 amide bonds. The number of para-hydroxylation sites is 2. The van der Waals surface area contributed by atoms with Gasteiger partial charge in [0, 0.05) is 78.3 Å². The van der Waals surface area contributed by atoms with Gasteiger partial charge in [0.15, 0.2) is 0 Å². The monoisotopic (exact) mass is 476 g/mol. The first kappa shape index (κ1) is 21.9. The molecule has 1 aliphatic heterocycles. The van der Waals surface area contributed by atoms with Crippen LogP contribution in [0.1, 0.15) is 5.56 Å². The summed E-state index contributed by atoms with van der Waals surface area (Å²) in [5, 5.41) is 13.6. The van der Waals surface area contributed by atoms with E-state index in [-0.39, 0.29) is 10.6 Å². The summed E-state index contributed by atoms with van der Waals surface area (Å²) in [6.07, 6.45) is 1.72. The fourth-order valence-electron chi connectivity index (χ4n) is 4.83. The number of hydrogen-bond acceptors (Lipinski definition) is 6. The molecule has 36 heavy (non-hydrogen) atoms. The molecule has 4 aromatic carbocycles. The lowest BCUT2D eigenvalue weighted by Gasteiger charge is -2.37.